The lowest BCUT2D eigenvalue weighted by Gasteiger charge is -2.48. The smallest absolute Gasteiger partial charge is 0.313 e. The van der Waals surface area contributed by atoms with Gasteiger partial charge in [0.05, 0.1) is 11.5 Å². The highest BCUT2D eigenvalue weighted by atomic mass is 16.5. The minimum atomic E-state index is -1.12. The number of carboxylic acids is 1. The number of ether oxygens (including phenoxy) is 1. The van der Waals surface area contributed by atoms with Crippen LogP contribution in [0.2, 0.25) is 0 Å². The second-order valence-electron chi connectivity index (χ2n) is 8.22. The Labute approximate surface area is 142 Å². The number of rotatable bonds is 2. The van der Waals surface area contributed by atoms with Gasteiger partial charge in [-0.25, -0.2) is 0 Å². The zero-order valence-electron chi connectivity index (χ0n) is 14.7. The van der Waals surface area contributed by atoms with E-state index in [1.807, 2.05) is 13.8 Å². The van der Waals surface area contributed by atoms with E-state index in [1.54, 1.807) is 19.9 Å². The number of aliphatic hydroxyl groups excluding tert-OH is 1. The Morgan fingerprint density at radius 3 is 2.58 bits per heavy atom. The van der Waals surface area contributed by atoms with Gasteiger partial charge in [-0.05, 0) is 64.7 Å². The number of aliphatic hydroxyl groups is 1. The van der Waals surface area contributed by atoms with Crippen molar-refractivity contribution < 1.29 is 24.9 Å². The molecule has 24 heavy (non-hydrogen) atoms. The van der Waals surface area contributed by atoms with Crippen molar-refractivity contribution in [3.8, 4) is 11.5 Å². The van der Waals surface area contributed by atoms with Crippen LogP contribution in [-0.4, -0.2) is 33.0 Å². The maximum absolute atomic E-state index is 11.5. The Morgan fingerprint density at radius 1 is 1.29 bits per heavy atom. The zero-order valence-corrected chi connectivity index (χ0v) is 14.7. The minimum absolute atomic E-state index is 0.0227. The molecule has 1 aromatic carbocycles. The van der Waals surface area contributed by atoms with E-state index >= 15 is 0 Å². The van der Waals surface area contributed by atoms with Crippen LogP contribution in [0, 0.1) is 5.92 Å². The van der Waals surface area contributed by atoms with Crippen molar-refractivity contribution in [2.24, 2.45) is 5.92 Å². The summed E-state index contributed by atoms with van der Waals surface area (Å²) < 4.78 is 6.19. The van der Waals surface area contributed by atoms with Crippen molar-refractivity contribution in [3.05, 3.63) is 23.3 Å². The Hall–Kier alpha value is -1.75. The molecule has 0 amide bonds. The summed E-state index contributed by atoms with van der Waals surface area (Å²) in [6, 6.07) is 3.27. The van der Waals surface area contributed by atoms with Crippen LogP contribution in [0.3, 0.4) is 0 Å². The first-order valence-electron chi connectivity index (χ1n) is 8.52. The molecule has 3 atom stereocenters. The molecule has 1 aliphatic carbocycles. The zero-order chi connectivity index (χ0) is 17.9. The molecule has 0 aromatic heterocycles. The molecule has 0 radical (unpaired) electrons. The molecule has 0 saturated heterocycles. The Bertz CT molecular complexity index is 677. The summed E-state index contributed by atoms with van der Waals surface area (Å²) in [4.78, 5) is 11.5. The van der Waals surface area contributed by atoms with Crippen LogP contribution in [0.4, 0.5) is 0 Å². The van der Waals surface area contributed by atoms with Crippen LogP contribution < -0.4 is 4.74 Å². The highest BCUT2D eigenvalue weighted by Gasteiger charge is 2.48. The van der Waals surface area contributed by atoms with Crippen LogP contribution in [0.5, 0.6) is 11.5 Å². The SMILES string of the molecule is CC(C)(C(=O)O)c1cc(O)c2c(c1)OC(C)(C)C1CC[C@H](O)CC21. The van der Waals surface area contributed by atoms with E-state index in [4.69, 9.17) is 4.74 Å². The summed E-state index contributed by atoms with van der Waals surface area (Å²) in [7, 11) is 0. The van der Waals surface area contributed by atoms with E-state index in [1.165, 1.54) is 6.07 Å². The molecular formula is C19H26O5. The average Bonchev–Trinajstić information content (AvgIpc) is 2.45. The molecule has 5 heteroatoms. The van der Waals surface area contributed by atoms with Gasteiger partial charge in [0.15, 0.2) is 0 Å². The first-order valence-corrected chi connectivity index (χ1v) is 8.52. The molecule has 2 unspecified atom stereocenters. The van der Waals surface area contributed by atoms with Gasteiger partial charge < -0.3 is 20.1 Å². The molecule has 1 saturated carbocycles. The molecular weight excluding hydrogens is 308 g/mol. The maximum atomic E-state index is 11.5. The molecule has 3 rings (SSSR count). The van der Waals surface area contributed by atoms with E-state index in [9.17, 15) is 20.1 Å². The summed E-state index contributed by atoms with van der Waals surface area (Å²) in [6.45, 7) is 7.27. The summed E-state index contributed by atoms with van der Waals surface area (Å²) in [5, 5.41) is 30.2. The number of aliphatic carboxylic acids is 1. The number of carbonyl (C=O) groups is 1. The van der Waals surface area contributed by atoms with Crippen LogP contribution in [0.15, 0.2) is 12.1 Å². The minimum Gasteiger partial charge on any atom is -0.508 e. The number of carboxylic acid groups (broad SMARTS) is 1. The molecule has 1 fully saturated rings. The first-order chi connectivity index (χ1) is 11.0. The van der Waals surface area contributed by atoms with Crippen molar-refractivity contribution in [3.63, 3.8) is 0 Å². The Morgan fingerprint density at radius 2 is 1.96 bits per heavy atom. The third kappa shape index (κ3) is 2.55. The highest BCUT2D eigenvalue weighted by molar-refractivity contribution is 5.81. The number of phenols is 1. The van der Waals surface area contributed by atoms with E-state index in [0.29, 0.717) is 23.3 Å². The van der Waals surface area contributed by atoms with Gasteiger partial charge in [0.2, 0.25) is 0 Å². The lowest BCUT2D eigenvalue weighted by molar-refractivity contribution is -0.142. The number of hydrogen-bond acceptors (Lipinski definition) is 4. The van der Waals surface area contributed by atoms with Gasteiger partial charge in [0.25, 0.3) is 0 Å². The normalized spacial score (nSPS) is 28.5. The highest BCUT2D eigenvalue weighted by Crippen LogP contribution is 2.54. The number of phenolic OH excluding ortho intramolecular Hbond substituents is 1. The van der Waals surface area contributed by atoms with Gasteiger partial charge in [-0.3, -0.25) is 4.79 Å². The largest absolute Gasteiger partial charge is 0.508 e. The second-order valence-corrected chi connectivity index (χ2v) is 8.22. The summed E-state index contributed by atoms with van der Waals surface area (Å²) in [5.74, 6) is -0.105. The van der Waals surface area contributed by atoms with Crippen molar-refractivity contribution in [2.45, 2.75) is 70.0 Å². The number of hydrogen-bond donors (Lipinski definition) is 3. The van der Waals surface area contributed by atoms with Gasteiger partial charge in [-0.2, -0.15) is 0 Å². The fourth-order valence-corrected chi connectivity index (χ4v) is 4.21. The molecule has 1 aromatic rings. The van der Waals surface area contributed by atoms with E-state index < -0.39 is 17.0 Å². The lowest BCUT2D eigenvalue weighted by atomic mass is 9.65. The van der Waals surface area contributed by atoms with E-state index in [2.05, 4.69) is 0 Å². The van der Waals surface area contributed by atoms with Crippen molar-refractivity contribution >= 4 is 5.97 Å². The van der Waals surface area contributed by atoms with Crippen LogP contribution in [0.25, 0.3) is 0 Å². The predicted molar refractivity (Wildman–Crippen MR) is 89.6 cm³/mol. The molecule has 0 bridgehead atoms. The Kier molecular flexibility index (Phi) is 3.83. The first kappa shape index (κ1) is 17.1. The topological polar surface area (TPSA) is 87.0 Å². The number of aromatic hydroxyl groups is 1. The average molecular weight is 334 g/mol. The lowest BCUT2D eigenvalue weighted by Crippen LogP contribution is -2.47. The summed E-state index contributed by atoms with van der Waals surface area (Å²) in [6.07, 6.45) is 1.82. The molecule has 1 heterocycles. The number of fused-ring (bicyclic) bond motifs is 3. The molecule has 2 aliphatic rings. The fourth-order valence-electron chi connectivity index (χ4n) is 4.21. The van der Waals surface area contributed by atoms with Crippen LogP contribution in [-0.2, 0) is 10.2 Å². The van der Waals surface area contributed by atoms with Gasteiger partial charge >= 0.3 is 5.97 Å². The molecule has 132 valence electrons. The maximum Gasteiger partial charge on any atom is 0.313 e. The van der Waals surface area contributed by atoms with Gasteiger partial charge in [-0.15, -0.1) is 0 Å². The van der Waals surface area contributed by atoms with Crippen molar-refractivity contribution in [1.29, 1.82) is 0 Å². The molecule has 1 aliphatic heterocycles. The standard InChI is InChI=1S/C19H26O5/c1-18(2,17(22)23)10-7-14(21)16-12-9-11(20)5-6-13(12)19(3,4)24-15(16)8-10/h7-8,11-13,20-21H,5-6,9H2,1-4H3,(H,22,23)/t11-,12?,13?/m0/s1. The third-order valence-electron chi connectivity index (χ3n) is 5.84. The predicted octanol–water partition coefficient (Wildman–Crippen LogP) is 3.17. The number of benzene rings is 1. The van der Waals surface area contributed by atoms with Crippen LogP contribution in [0.1, 0.15) is 64.0 Å². The van der Waals surface area contributed by atoms with Gasteiger partial charge in [0.1, 0.15) is 17.1 Å². The van der Waals surface area contributed by atoms with E-state index in [0.717, 1.165) is 12.8 Å². The van der Waals surface area contributed by atoms with Gasteiger partial charge in [-0.1, -0.05) is 0 Å². The van der Waals surface area contributed by atoms with Gasteiger partial charge in [0, 0.05) is 17.4 Å². The Balaban J connectivity index is 2.13. The monoisotopic (exact) mass is 334 g/mol. The second kappa shape index (κ2) is 5.38. The van der Waals surface area contributed by atoms with Crippen molar-refractivity contribution in [2.75, 3.05) is 0 Å². The summed E-state index contributed by atoms with van der Waals surface area (Å²) >= 11 is 0. The fraction of sp³-hybridized carbons (Fsp3) is 0.632. The third-order valence-corrected chi connectivity index (χ3v) is 5.84. The molecule has 3 N–H and O–H groups in total. The van der Waals surface area contributed by atoms with Crippen LogP contribution >= 0.6 is 0 Å². The summed E-state index contributed by atoms with van der Waals surface area (Å²) in [5.41, 5.74) is -0.320. The molecule has 5 nitrogen and oxygen atoms in total. The molecule has 0 spiro atoms. The van der Waals surface area contributed by atoms with Crippen molar-refractivity contribution in [1.82, 2.24) is 0 Å². The van der Waals surface area contributed by atoms with E-state index in [-0.39, 0.29) is 23.7 Å². The quantitative estimate of drug-likeness (QED) is 0.773.